The van der Waals surface area contributed by atoms with Gasteiger partial charge in [-0.3, -0.25) is 9.59 Å². The second kappa shape index (κ2) is 9.30. The van der Waals surface area contributed by atoms with Gasteiger partial charge in [-0.25, -0.2) is 4.79 Å². The number of benzene rings is 2. The second-order valence-corrected chi connectivity index (χ2v) is 8.34. The van der Waals surface area contributed by atoms with E-state index in [2.05, 4.69) is 5.32 Å². The van der Waals surface area contributed by atoms with E-state index in [0.29, 0.717) is 30.9 Å². The minimum absolute atomic E-state index is 0.0884. The van der Waals surface area contributed by atoms with Crippen molar-refractivity contribution in [2.24, 2.45) is 5.92 Å². The number of fused-ring (bicyclic) bond motifs is 1. The van der Waals surface area contributed by atoms with Crippen molar-refractivity contribution in [3.8, 4) is 5.75 Å². The van der Waals surface area contributed by atoms with Gasteiger partial charge in [-0.05, 0) is 37.1 Å². The van der Waals surface area contributed by atoms with E-state index in [1.54, 1.807) is 30.0 Å². The molecule has 1 N–H and O–H groups in total. The molecule has 4 rings (SSSR count). The molecule has 2 heterocycles. The molecule has 2 aliphatic heterocycles. The number of hydrogen-bond donors (Lipinski definition) is 1. The third-order valence-corrected chi connectivity index (χ3v) is 5.84. The van der Waals surface area contributed by atoms with Crippen molar-refractivity contribution < 1.29 is 19.1 Å². The maximum atomic E-state index is 13.6. The first-order valence-corrected chi connectivity index (χ1v) is 10.8. The fourth-order valence-corrected chi connectivity index (χ4v) is 4.17. The normalized spacial score (nSPS) is 20.1. The molecule has 2 aliphatic rings. The maximum Gasteiger partial charge on any atom is 0.321 e. The Hall–Kier alpha value is -3.55. The predicted molar refractivity (Wildman–Crippen MR) is 122 cm³/mol. The molecule has 1 fully saturated rings. The van der Waals surface area contributed by atoms with Crippen LogP contribution in [-0.2, 0) is 9.59 Å². The molecule has 0 saturated carbocycles. The summed E-state index contributed by atoms with van der Waals surface area (Å²) < 4.78 is 5.89. The molecule has 4 amide bonds. The Morgan fingerprint density at radius 1 is 1.00 bits per heavy atom. The van der Waals surface area contributed by atoms with Gasteiger partial charge in [0.2, 0.25) is 5.91 Å². The van der Waals surface area contributed by atoms with Crippen LogP contribution >= 0.6 is 0 Å². The lowest BCUT2D eigenvalue weighted by molar-refractivity contribution is -0.136. The topological polar surface area (TPSA) is 82.2 Å². The Balaban J connectivity index is 1.50. The van der Waals surface area contributed by atoms with Gasteiger partial charge in [0, 0.05) is 32.9 Å². The number of ether oxygens (including phenoxy) is 1. The summed E-state index contributed by atoms with van der Waals surface area (Å²) in [7, 11) is 3.34. The molecule has 8 heteroatoms. The number of hydrogen-bond acceptors (Lipinski definition) is 4. The number of nitrogens with one attached hydrogen (secondary N) is 1. The molecule has 0 radical (unpaired) electrons. The smallest absolute Gasteiger partial charge is 0.321 e. The average Bonchev–Trinajstić information content (AvgIpc) is 2.83. The van der Waals surface area contributed by atoms with Crippen LogP contribution in [-0.4, -0.2) is 67.5 Å². The van der Waals surface area contributed by atoms with Crippen molar-refractivity contribution in [3.05, 3.63) is 54.6 Å². The number of rotatable bonds is 3. The van der Waals surface area contributed by atoms with Crippen molar-refractivity contribution in [2.45, 2.75) is 18.9 Å². The van der Waals surface area contributed by atoms with Crippen molar-refractivity contribution in [1.82, 2.24) is 9.80 Å². The monoisotopic (exact) mass is 436 g/mol. The zero-order valence-electron chi connectivity index (χ0n) is 18.4. The van der Waals surface area contributed by atoms with E-state index >= 15 is 0 Å². The van der Waals surface area contributed by atoms with E-state index in [0.717, 1.165) is 12.1 Å². The minimum atomic E-state index is -0.759. The summed E-state index contributed by atoms with van der Waals surface area (Å²) in [5, 5.41) is 2.89. The molecule has 32 heavy (non-hydrogen) atoms. The average molecular weight is 437 g/mol. The van der Waals surface area contributed by atoms with Crippen LogP contribution in [0.15, 0.2) is 54.6 Å². The number of amides is 4. The highest BCUT2D eigenvalue weighted by Crippen LogP contribution is 2.35. The highest BCUT2D eigenvalue weighted by molar-refractivity contribution is 5.99. The van der Waals surface area contributed by atoms with Crippen molar-refractivity contribution >= 4 is 29.2 Å². The summed E-state index contributed by atoms with van der Waals surface area (Å²) in [6.07, 6.45) is 0.676. The van der Waals surface area contributed by atoms with E-state index < -0.39 is 6.10 Å². The van der Waals surface area contributed by atoms with Crippen molar-refractivity contribution in [1.29, 1.82) is 0 Å². The number of nitrogens with zero attached hydrogens (tertiary/aromatic N) is 3. The van der Waals surface area contributed by atoms with Gasteiger partial charge in [0.15, 0.2) is 6.10 Å². The number of carbonyl (C=O) groups is 3. The fourth-order valence-electron chi connectivity index (χ4n) is 4.17. The van der Waals surface area contributed by atoms with Gasteiger partial charge in [0.1, 0.15) is 5.75 Å². The first-order valence-electron chi connectivity index (χ1n) is 10.8. The molecule has 0 bridgehead atoms. The van der Waals surface area contributed by atoms with Crippen LogP contribution in [0, 0.1) is 5.92 Å². The lowest BCUT2D eigenvalue weighted by Gasteiger charge is -2.39. The molecule has 2 atom stereocenters. The lowest BCUT2D eigenvalue weighted by Crippen LogP contribution is -2.54. The summed E-state index contributed by atoms with van der Waals surface area (Å²) in [6.45, 7) is 1.09. The second-order valence-electron chi connectivity index (χ2n) is 8.34. The van der Waals surface area contributed by atoms with Crippen LogP contribution in [0.3, 0.4) is 0 Å². The highest BCUT2D eigenvalue weighted by atomic mass is 16.5. The number of likely N-dealkylation sites (tertiary alicyclic amines) is 1. The molecule has 0 aromatic heterocycles. The Bertz CT molecular complexity index is 995. The summed E-state index contributed by atoms with van der Waals surface area (Å²) in [5.74, 6) is -0.104. The van der Waals surface area contributed by atoms with E-state index in [4.69, 9.17) is 4.74 Å². The van der Waals surface area contributed by atoms with E-state index in [9.17, 15) is 14.4 Å². The van der Waals surface area contributed by atoms with Crippen LogP contribution < -0.4 is 15.0 Å². The summed E-state index contributed by atoms with van der Waals surface area (Å²) >= 11 is 0. The molecule has 0 unspecified atom stereocenters. The number of carbonyl (C=O) groups excluding carboxylic acids is 3. The first-order chi connectivity index (χ1) is 15.4. The van der Waals surface area contributed by atoms with Crippen LogP contribution in [0.25, 0.3) is 0 Å². The van der Waals surface area contributed by atoms with Gasteiger partial charge in [-0.1, -0.05) is 30.3 Å². The van der Waals surface area contributed by atoms with Gasteiger partial charge >= 0.3 is 6.03 Å². The van der Waals surface area contributed by atoms with Gasteiger partial charge < -0.3 is 24.8 Å². The number of piperidine rings is 1. The standard InChI is InChI=1S/C24H28N4O4/c1-26(2)23(30)21-16-28(19-12-6-7-13-20(19)32-21)22(29)17-9-8-14-27(15-17)24(31)25-18-10-4-3-5-11-18/h3-7,10-13,17,21H,8-9,14-16H2,1-2H3,(H,25,31)/t17-,21-/m0/s1. The Morgan fingerprint density at radius 3 is 2.47 bits per heavy atom. The van der Waals surface area contributed by atoms with Crippen LogP contribution in [0.5, 0.6) is 5.75 Å². The summed E-state index contributed by atoms with van der Waals surface area (Å²) in [5.41, 5.74) is 1.38. The number of para-hydroxylation sites is 3. The molecule has 2 aromatic carbocycles. The summed E-state index contributed by atoms with van der Waals surface area (Å²) in [6, 6.07) is 16.3. The predicted octanol–water partition coefficient (Wildman–Crippen LogP) is 2.81. The number of anilines is 2. The first kappa shape index (κ1) is 21.7. The number of likely N-dealkylation sites (N-methyl/N-ethyl adjacent to an activating group) is 1. The molecule has 8 nitrogen and oxygen atoms in total. The van der Waals surface area contributed by atoms with Gasteiger partial charge in [0.05, 0.1) is 18.2 Å². The maximum absolute atomic E-state index is 13.6. The van der Waals surface area contributed by atoms with Crippen molar-refractivity contribution in [3.63, 3.8) is 0 Å². The van der Waals surface area contributed by atoms with E-state index in [1.807, 2.05) is 48.5 Å². The zero-order chi connectivity index (χ0) is 22.7. The Kier molecular flexibility index (Phi) is 6.30. The summed E-state index contributed by atoms with van der Waals surface area (Å²) in [4.78, 5) is 43.7. The fraction of sp³-hybridized carbons (Fsp3) is 0.375. The Labute approximate surface area is 187 Å². The highest BCUT2D eigenvalue weighted by Gasteiger charge is 2.38. The van der Waals surface area contributed by atoms with E-state index in [1.165, 1.54) is 4.90 Å². The molecule has 0 aliphatic carbocycles. The number of urea groups is 1. The minimum Gasteiger partial charge on any atom is -0.476 e. The van der Waals surface area contributed by atoms with Crippen LogP contribution in [0.1, 0.15) is 12.8 Å². The van der Waals surface area contributed by atoms with Crippen LogP contribution in [0.4, 0.5) is 16.2 Å². The molecule has 0 spiro atoms. The van der Waals surface area contributed by atoms with Crippen LogP contribution in [0.2, 0.25) is 0 Å². The zero-order valence-corrected chi connectivity index (χ0v) is 18.4. The molecule has 2 aromatic rings. The SMILES string of the molecule is CN(C)C(=O)[C@@H]1CN(C(=O)[C@H]2CCCN(C(=O)Nc3ccccc3)C2)c2ccccc2O1. The quantitative estimate of drug-likeness (QED) is 0.802. The third kappa shape index (κ3) is 4.54. The largest absolute Gasteiger partial charge is 0.476 e. The lowest BCUT2D eigenvalue weighted by atomic mass is 9.95. The Morgan fingerprint density at radius 2 is 1.72 bits per heavy atom. The molecular formula is C24H28N4O4. The molecule has 168 valence electrons. The molecule has 1 saturated heterocycles. The van der Waals surface area contributed by atoms with Gasteiger partial charge in [-0.15, -0.1) is 0 Å². The van der Waals surface area contributed by atoms with Crippen molar-refractivity contribution in [2.75, 3.05) is 43.9 Å². The van der Waals surface area contributed by atoms with E-state index in [-0.39, 0.29) is 30.3 Å². The van der Waals surface area contributed by atoms with Gasteiger partial charge in [0.25, 0.3) is 5.91 Å². The van der Waals surface area contributed by atoms with Gasteiger partial charge in [-0.2, -0.15) is 0 Å². The third-order valence-electron chi connectivity index (χ3n) is 5.84. The molecular weight excluding hydrogens is 408 g/mol.